The molecule has 2 heterocycles. The van der Waals surface area contributed by atoms with Crippen LogP contribution in [0, 0.1) is 5.92 Å². The first-order valence-electron chi connectivity index (χ1n) is 5.23. The van der Waals surface area contributed by atoms with Crippen molar-refractivity contribution < 1.29 is 4.79 Å². The molecule has 0 bridgehead atoms. The molecule has 0 aliphatic carbocycles. The molecule has 1 aromatic heterocycles. The topological polar surface area (TPSA) is 71.6 Å². The second kappa shape index (κ2) is 4.40. The molecule has 1 unspecified atom stereocenters. The van der Waals surface area contributed by atoms with Crippen molar-refractivity contribution in [3.05, 3.63) is 24.5 Å². The summed E-state index contributed by atoms with van der Waals surface area (Å²) in [5.74, 6) is -0.174. The highest BCUT2D eigenvalue weighted by Gasteiger charge is 2.33. The zero-order chi connectivity index (χ0) is 11.5. The smallest absolute Gasteiger partial charge is 0.256 e. The van der Waals surface area contributed by atoms with Crippen LogP contribution in [0.15, 0.2) is 29.6 Å². The van der Waals surface area contributed by atoms with Crippen LogP contribution in [0.1, 0.15) is 13.3 Å². The first-order chi connectivity index (χ1) is 7.74. The van der Waals surface area contributed by atoms with Gasteiger partial charge in [0.1, 0.15) is 0 Å². The summed E-state index contributed by atoms with van der Waals surface area (Å²) in [4.78, 5) is 16.0. The molecule has 0 fully saturated rings. The molecule has 1 aromatic rings. The summed E-state index contributed by atoms with van der Waals surface area (Å²) in [7, 11) is 0. The third-order valence-corrected chi connectivity index (χ3v) is 2.63. The highest BCUT2D eigenvalue weighted by atomic mass is 16.2. The summed E-state index contributed by atoms with van der Waals surface area (Å²) in [6.07, 6.45) is 3.93. The molecule has 0 aromatic carbocycles. The van der Waals surface area contributed by atoms with Crippen LogP contribution in [-0.2, 0) is 4.79 Å². The van der Waals surface area contributed by atoms with Gasteiger partial charge in [0.05, 0.1) is 11.6 Å². The van der Waals surface area contributed by atoms with E-state index in [0.717, 1.165) is 11.4 Å². The third-order valence-electron chi connectivity index (χ3n) is 2.63. The molecule has 0 saturated carbocycles. The second-order valence-corrected chi connectivity index (χ2v) is 3.73. The van der Waals surface area contributed by atoms with Gasteiger partial charge in [-0.2, -0.15) is 5.10 Å². The molecule has 0 saturated heterocycles. The van der Waals surface area contributed by atoms with Crippen molar-refractivity contribution >= 4 is 17.3 Å². The van der Waals surface area contributed by atoms with Gasteiger partial charge < -0.3 is 5.73 Å². The van der Waals surface area contributed by atoms with Crippen LogP contribution in [-0.4, -0.2) is 23.1 Å². The Morgan fingerprint density at radius 2 is 2.12 bits per heavy atom. The van der Waals surface area contributed by atoms with Gasteiger partial charge in [-0.3, -0.25) is 9.78 Å². The minimum absolute atomic E-state index is 0.00542. The molecule has 1 aliphatic heterocycles. The summed E-state index contributed by atoms with van der Waals surface area (Å²) >= 11 is 0. The lowest BCUT2D eigenvalue weighted by Crippen LogP contribution is -2.28. The summed E-state index contributed by atoms with van der Waals surface area (Å²) < 4.78 is 0. The molecular formula is C11H14N4O. The van der Waals surface area contributed by atoms with Crippen LogP contribution in [0.3, 0.4) is 0 Å². The van der Waals surface area contributed by atoms with Gasteiger partial charge in [0.25, 0.3) is 5.91 Å². The van der Waals surface area contributed by atoms with Gasteiger partial charge >= 0.3 is 0 Å². The van der Waals surface area contributed by atoms with Gasteiger partial charge in [0.15, 0.2) is 0 Å². The fourth-order valence-electron chi connectivity index (χ4n) is 1.77. The summed E-state index contributed by atoms with van der Waals surface area (Å²) in [5.41, 5.74) is 7.06. The number of rotatable bonds is 3. The Balaban J connectivity index is 2.24. The van der Waals surface area contributed by atoms with Crippen molar-refractivity contribution in [2.45, 2.75) is 13.3 Å². The molecule has 1 atom stereocenters. The zero-order valence-electron chi connectivity index (χ0n) is 9.13. The molecule has 5 heteroatoms. The molecular weight excluding hydrogens is 204 g/mol. The number of amides is 1. The fraction of sp³-hybridized carbons (Fsp3) is 0.364. The van der Waals surface area contributed by atoms with E-state index in [1.54, 1.807) is 24.5 Å². The lowest BCUT2D eigenvalue weighted by Gasteiger charge is -2.13. The molecule has 84 valence electrons. The van der Waals surface area contributed by atoms with Crippen molar-refractivity contribution in [2.24, 2.45) is 16.8 Å². The van der Waals surface area contributed by atoms with E-state index in [1.807, 2.05) is 6.92 Å². The Bertz CT molecular complexity index is 415. The number of hydrogen-bond donors (Lipinski definition) is 1. The lowest BCUT2D eigenvalue weighted by atomic mass is 10.0. The Kier molecular flexibility index (Phi) is 2.96. The van der Waals surface area contributed by atoms with E-state index in [9.17, 15) is 4.79 Å². The molecule has 5 nitrogen and oxygen atoms in total. The standard InChI is InChI=1S/C11H14N4O/c1-8-10(2-5-12)11(16)15(14-8)9-3-6-13-7-4-9/h3-4,6-7,10H,2,5,12H2,1H3. The van der Waals surface area contributed by atoms with Crippen molar-refractivity contribution in [1.29, 1.82) is 0 Å². The zero-order valence-corrected chi connectivity index (χ0v) is 9.13. The van der Waals surface area contributed by atoms with E-state index in [1.165, 1.54) is 5.01 Å². The number of aromatic nitrogens is 1. The normalized spacial score (nSPS) is 20.1. The molecule has 2 rings (SSSR count). The van der Waals surface area contributed by atoms with E-state index in [-0.39, 0.29) is 11.8 Å². The van der Waals surface area contributed by atoms with E-state index < -0.39 is 0 Å². The summed E-state index contributed by atoms with van der Waals surface area (Å²) in [5, 5.41) is 5.68. The summed E-state index contributed by atoms with van der Waals surface area (Å²) in [6, 6.07) is 3.53. The Morgan fingerprint density at radius 3 is 2.75 bits per heavy atom. The van der Waals surface area contributed by atoms with Crippen molar-refractivity contribution in [3.63, 3.8) is 0 Å². The van der Waals surface area contributed by atoms with Gasteiger partial charge in [0.2, 0.25) is 0 Å². The highest BCUT2D eigenvalue weighted by molar-refractivity contribution is 6.14. The highest BCUT2D eigenvalue weighted by Crippen LogP contribution is 2.24. The Morgan fingerprint density at radius 1 is 1.44 bits per heavy atom. The monoisotopic (exact) mass is 218 g/mol. The Labute approximate surface area is 94.0 Å². The van der Waals surface area contributed by atoms with E-state index in [4.69, 9.17) is 5.73 Å². The quantitative estimate of drug-likeness (QED) is 0.814. The predicted molar refractivity (Wildman–Crippen MR) is 62.0 cm³/mol. The molecule has 16 heavy (non-hydrogen) atoms. The fourth-order valence-corrected chi connectivity index (χ4v) is 1.77. The van der Waals surface area contributed by atoms with E-state index in [2.05, 4.69) is 10.1 Å². The van der Waals surface area contributed by atoms with Gasteiger partial charge in [-0.05, 0) is 32.0 Å². The number of hydrazone groups is 1. The van der Waals surface area contributed by atoms with Crippen LogP contribution in [0.25, 0.3) is 0 Å². The van der Waals surface area contributed by atoms with Crippen LogP contribution >= 0.6 is 0 Å². The van der Waals surface area contributed by atoms with Crippen molar-refractivity contribution in [3.8, 4) is 0 Å². The number of pyridine rings is 1. The summed E-state index contributed by atoms with van der Waals surface area (Å²) in [6.45, 7) is 2.35. The van der Waals surface area contributed by atoms with Crippen LogP contribution in [0.5, 0.6) is 0 Å². The maximum absolute atomic E-state index is 12.0. The second-order valence-electron chi connectivity index (χ2n) is 3.73. The Hall–Kier alpha value is -1.75. The molecule has 2 N–H and O–H groups in total. The number of hydrogen-bond acceptors (Lipinski definition) is 4. The minimum atomic E-state index is -0.168. The van der Waals surface area contributed by atoms with Gasteiger partial charge in [-0.15, -0.1) is 0 Å². The molecule has 0 radical (unpaired) electrons. The maximum Gasteiger partial charge on any atom is 0.256 e. The number of carbonyl (C=O) groups excluding carboxylic acids is 1. The predicted octanol–water partition coefficient (Wildman–Crippen LogP) is 0.769. The largest absolute Gasteiger partial charge is 0.330 e. The van der Waals surface area contributed by atoms with E-state index >= 15 is 0 Å². The number of carbonyl (C=O) groups is 1. The first kappa shape index (κ1) is 10.8. The number of nitrogens with two attached hydrogens (primary N) is 1. The molecule has 0 spiro atoms. The van der Waals surface area contributed by atoms with Crippen LogP contribution < -0.4 is 10.7 Å². The van der Waals surface area contributed by atoms with Crippen molar-refractivity contribution in [2.75, 3.05) is 11.6 Å². The van der Waals surface area contributed by atoms with E-state index in [0.29, 0.717) is 13.0 Å². The number of anilines is 1. The van der Waals surface area contributed by atoms with Crippen LogP contribution in [0.2, 0.25) is 0 Å². The third kappa shape index (κ3) is 1.81. The average molecular weight is 218 g/mol. The molecule has 1 aliphatic rings. The first-order valence-corrected chi connectivity index (χ1v) is 5.23. The van der Waals surface area contributed by atoms with Gasteiger partial charge in [-0.1, -0.05) is 0 Å². The minimum Gasteiger partial charge on any atom is -0.330 e. The lowest BCUT2D eigenvalue weighted by molar-refractivity contribution is -0.119. The van der Waals surface area contributed by atoms with Crippen LogP contribution in [0.4, 0.5) is 5.69 Å². The van der Waals surface area contributed by atoms with Gasteiger partial charge in [0, 0.05) is 18.1 Å². The van der Waals surface area contributed by atoms with Crippen molar-refractivity contribution in [1.82, 2.24) is 4.98 Å². The number of nitrogens with zero attached hydrogens (tertiary/aromatic N) is 3. The van der Waals surface area contributed by atoms with Gasteiger partial charge in [-0.25, -0.2) is 5.01 Å². The maximum atomic E-state index is 12.0. The molecule has 1 amide bonds. The average Bonchev–Trinajstić information content (AvgIpc) is 2.59. The SMILES string of the molecule is CC1=NN(c2ccncc2)C(=O)C1CCN.